The van der Waals surface area contributed by atoms with Crippen LogP contribution >= 0.6 is 0 Å². The van der Waals surface area contributed by atoms with Gasteiger partial charge in [0.25, 0.3) is 0 Å². The smallest absolute Gasteiger partial charge is 0.222 e. The monoisotopic (exact) mass is 236 g/mol. The molecule has 0 bridgehead atoms. The topological polar surface area (TPSA) is 26.3 Å². The van der Waals surface area contributed by atoms with E-state index in [0.717, 1.165) is 12.8 Å². The number of carbonyl (C=O) groups excluding carboxylic acids is 1. The molecule has 1 aliphatic rings. The Morgan fingerprint density at radius 2 is 2.06 bits per heavy atom. The molecule has 0 heterocycles. The molecule has 0 radical (unpaired) electrons. The summed E-state index contributed by atoms with van der Waals surface area (Å²) in [5.41, 5.74) is 0.657. The van der Waals surface area contributed by atoms with Crippen LogP contribution in [0.1, 0.15) is 52.9 Å². The summed E-state index contributed by atoms with van der Waals surface area (Å²) in [5, 5.41) is 0. The molecule has 1 aliphatic carbocycles. The van der Waals surface area contributed by atoms with Gasteiger partial charge >= 0.3 is 0 Å². The Labute approximate surface area is 105 Å². The fourth-order valence-electron chi connectivity index (χ4n) is 2.09. The minimum absolute atomic E-state index is 0.0102. The number of carbonyl (C=O) groups is 1. The first kappa shape index (κ1) is 14.0. The van der Waals surface area contributed by atoms with Gasteiger partial charge < -0.3 is 4.74 Å². The van der Waals surface area contributed by atoms with Crippen LogP contribution in [0.25, 0.3) is 0 Å². The molecule has 2 heteroatoms. The standard InChI is InChI=1S/C15H24O2/c1-5-6-7-8-9-17-13-11-15(3,4)10-12(2)14(13)16/h11H,2,5-10H2,1,3-4H3. The van der Waals surface area contributed by atoms with E-state index in [0.29, 0.717) is 17.9 Å². The van der Waals surface area contributed by atoms with Crippen LogP contribution in [0.5, 0.6) is 0 Å². The zero-order chi connectivity index (χ0) is 12.9. The molecule has 0 atom stereocenters. The molecule has 1 rings (SSSR count). The van der Waals surface area contributed by atoms with Crippen molar-refractivity contribution in [3.05, 3.63) is 24.0 Å². The third kappa shape index (κ3) is 4.37. The number of unbranched alkanes of at least 4 members (excludes halogenated alkanes) is 3. The van der Waals surface area contributed by atoms with Crippen molar-refractivity contribution in [3.8, 4) is 0 Å². The van der Waals surface area contributed by atoms with E-state index >= 15 is 0 Å². The van der Waals surface area contributed by atoms with Crippen molar-refractivity contribution >= 4 is 5.78 Å². The van der Waals surface area contributed by atoms with Crippen molar-refractivity contribution in [1.29, 1.82) is 0 Å². The Hall–Kier alpha value is -1.05. The van der Waals surface area contributed by atoms with Gasteiger partial charge in [-0.3, -0.25) is 4.79 Å². The number of hydrogen-bond acceptors (Lipinski definition) is 2. The molecular formula is C15H24O2. The van der Waals surface area contributed by atoms with E-state index in [-0.39, 0.29) is 11.2 Å². The summed E-state index contributed by atoms with van der Waals surface area (Å²) in [7, 11) is 0. The Morgan fingerprint density at radius 3 is 2.71 bits per heavy atom. The summed E-state index contributed by atoms with van der Waals surface area (Å²) >= 11 is 0. The summed E-state index contributed by atoms with van der Waals surface area (Å²) in [6.07, 6.45) is 7.31. The predicted octanol–water partition coefficient (Wildman–Crippen LogP) is 4.02. The lowest BCUT2D eigenvalue weighted by molar-refractivity contribution is -0.116. The molecule has 0 aromatic heterocycles. The quantitative estimate of drug-likeness (QED) is 0.514. The van der Waals surface area contributed by atoms with Crippen LogP contribution in [0, 0.1) is 5.41 Å². The van der Waals surface area contributed by atoms with Crippen LogP contribution in [-0.4, -0.2) is 12.4 Å². The molecule has 0 aromatic rings. The third-order valence-electron chi connectivity index (χ3n) is 2.99. The van der Waals surface area contributed by atoms with Crippen LogP contribution in [0.15, 0.2) is 24.0 Å². The number of Topliss-reactive ketones (excluding diaryl/α,β-unsaturated/α-hetero) is 1. The minimum atomic E-state index is -0.0141. The Kier molecular flexibility index (Phi) is 4.98. The van der Waals surface area contributed by atoms with Gasteiger partial charge in [0.1, 0.15) is 0 Å². The van der Waals surface area contributed by atoms with E-state index in [1.807, 2.05) is 6.08 Å². The molecule has 0 aromatic carbocycles. The van der Waals surface area contributed by atoms with Gasteiger partial charge in [0.2, 0.25) is 5.78 Å². The van der Waals surface area contributed by atoms with Crippen molar-refractivity contribution < 1.29 is 9.53 Å². The second-order valence-electron chi connectivity index (χ2n) is 5.52. The van der Waals surface area contributed by atoms with Gasteiger partial charge in [-0.15, -0.1) is 0 Å². The number of allylic oxidation sites excluding steroid dienone is 2. The summed E-state index contributed by atoms with van der Waals surface area (Å²) in [5.74, 6) is 0.488. The summed E-state index contributed by atoms with van der Waals surface area (Å²) in [6, 6.07) is 0. The van der Waals surface area contributed by atoms with E-state index in [2.05, 4.69) is 27.4 Å². The van der Waals surface area contributed by atoms with Crippen LogP contribution in [0.2, 0.25) is 0 Å². The van der Waals surface area contributed by atoms with Gasteiger partial charge in [-0.1, -0.05) is 46.6 Å². The molecule has 0 aliphatic heterocycles. The van der Waals surface area contributed by atoms with Gasteiger partial charge in [0.05, 0.1) is 6.61 Å². The Bertz CT molecular complexity index is 324. The van der Waals surface area contributed by atoms with Crippen LogP contribution in [0.4, 0.5) is 0 Å². The van der Waals surface area contributed by atoms with Gasteiger partial charge in [-0.2, -0.15) is 0 Å². The molecule has 0 unspecified atom stereocenters. The highest BCUT2D eigenvalue weighted by molar-refractivity contribution is 6.07. The number of hydrogen-bond donors (Lipinski definition) is 0. The Morgan fingerprint density at radius 1 is 1.35 bits per heavy atom. The largest absolute Gasteiger partial charge is 0.490 e. The number of ether oxygens (including phenoxy) is 1. The normalized spacial score (nSPS) is 19.1. The van der Waals surface area contributed by atoms with E-state index in [1.54, 1.807) is 0 Å². The van der Waals surface area contributed by atoms with Crippen LogP contribution in [-0.2, 0) is 9.53 Å². The number of rotatable bonds is 6. The van der Waals surface area contributed by atoms with Crippen molar-refractivity contribution in [1.82, 2.24) is 0 Å². The second kappa shape index (κ2) is 6.04. The van der Waals surface area contributed by atoms with Gasteiger partial charge in [0.15, 0.2) is 5.76 Å². The van der Waals surface area contributed by atoms with E-state index in [9.17, 15) is 4.79 Å². The fraction of sp³-hybridized carbons (Fsp3) is 0.667. The third-order valence-corrected chi connectivity index (χ3v) is 2.99. The molecule has 2 nitrogen and oxygen atoms in total. The molecule has 17 heavy (non-hydrogen) atoms. The van der Waals surface area contributed by atoms with Crippen LogP contribution < -0.4 is 0 Å². The molecule has 0 spiro atoms. The van der Waals surface area contributed by atoms with Gasteiger partial charge in [-0.05, 0) is 29.9 Å². The predicted molar refractivity (Wildman–Crippen MR) is 70.7 cm³/mol. The first-order valence-corrected chi connectivity index (χ1v) is 6.54. The molecule has 0 amide bonds. The maximum atomic E-state index is 11.8. The first-order valence-electron chi connectivity index (χ1n) is 6.54. The van der Waals surface area contributed by atoms with E-state index in [4.69, 9.17) is 4.74 Å². The minimum Gasteiger partial charge on any atom is -0.490 e. The molecule has 0 saturated carbocycles. The summed E-state index contributed by atoms with van der Waals surface area (Å²) in [6.45, 7) is 10.9. The maximum absolute atomic E-state index is 11.8. The molecule has 96 valence electrons. The van der Waals surface area contributed by atoms with Crippen molar-refractivity contribution in [2.24, 2.45) is 5.41 Å². The lowest BCUT2D eigenvalue weighted by atomic mass is 9.79. The highest BCUT2D eigenvalue weighted by Gasteiger charge is 2.29. The SMILES string of the molecule is C=C1CC(C)(C)C=C(OCCCCCC)C1=O. The van der Waals surface area contributed by atoms with Crippen molar-refractivity contribution in [2.75, 3.05) is 6.61 Å². The van der Waals surface area contributed by atoms with Gasteiger partial charge in [-0.25, -0.2) is 0 Å². The maximum Gasteiger partial charge on any atom is 0.222 e. The average Bonchev–Trinajstić information content (AvgIpc) is 2.23. The molecule has 0 N–H and O–H groups in total. The van der Waals surface area contributed by atoms with Crippen molar-refractivity contribution in [2.45, 2.75) is 52.9 Å². The average molecular weight is 236 g/mol. The Balaban J connectivity index is 2.48. The second-order valence-corrected chi connectivity index (χ2v) is 5.52. The lowest BCUT2D eigenvalue weighted by Gasteiger charge is -2.27. The highest BCUT2D eigenvalue weighted by Crippen LogP contribution is 2.34. The molecule has 0 fully saturated rings. The number of ketones is 1. The zero-order valence-electron chi connectivity index (χ0n) is 11.3. The molecular weight excluding hydrogens is 212 g/mol. The summed E-state index contributed by atoms with van der Waals surface area (Å²) < 4.78 is 5.60. The zero-order valence-corrected chi connectivity index (χ0v) is 11.3. The van der Waals surface area contributed by atoms with Crippen molar-refractivity contribution in [3.63, 3.8) is 0 Å². The lowest BCUT2D eigenvalue weighted by Crippen LogP contribution is -2.23. The highest BCUT2D eigenvalue weighted by atomic mass is 16.5. The van der Waals surface area contributed by atoms with Crippen LogP contribution in [0.3, 0.4) is 0 Å². The fourth-order valence-corrected chi connectivity index (χ4v) is 2.09. The van der Waals surface area contributed by atoms with Gasteiger partial charge in [0, 0.05) is 0 Å². The van der Waals surface area contributed by atoms with E-state index < -0.39 is 0 Å². The first-order chi connectivity index (χ1) is 7.96. The molecule has 0 saturated heterocycles. The summed E-state index contributed by atoms with van der Waals surface area (Å²) in [4.78, 5) is 11.8. The van der Waals surface area contributed by atoms with E-state index in [1.165, 1.54) is 19.3 Å².